The molecule has 1 aliphatic heterocycles. The molecule has 0 spiro atoms. The minimum absolute atomic E-state index is 0. The number of ether oxygens (including phenoxy) is 1. The fourth-order valence-electron chi connectivity index (χ4n) is 0.962. The van der Waals surface area contributed by atoms with Crippen LogP contribution < -0.4 is 0 Å². The summed E-state index contributed by atoms with van der Waals surface area (Å²) in [5, 5.41) is 0. The summed E-state index contributed by atoms with van der Waals surface area (Å²) in [7, 11) is 0. The molecule has 0 aromatic rings. The Morgan fingerprint density at radius 3 is 2.33 bits per heavy atom. The molecule has 0 unspecified atom stereocenters. The van der Waals surface area contributed by atoms with Crippen molar-refractivity contribution in [2.45, 2.75) is 20.3 Å². The van der Waals surface area contributed by atoms with E-state index in [1.54, 1.807) is 6.08 Å². The molecule has 0 amide bonds. The molecule has 0 aromatic heterocycles. The van der Waals surface area contributed by atoms with Gasteiger partial charge in [-0.1, -0.05) is 19.9 Å². The van der Waals surface area contributed by atoms with E-state index < -0.39 is 11.9 Å². The Hall–Kier alpha value is -0.601. The summed E-state index contributed by atoms with van der Waals surface area (Å²) in [5.41, 5.74) is 0.491. The molecule has 1 aliphatic rings. The molecule has 1 radical (unpaired) electrons. The second kappa shape index (κ2) is 4.43. The van der Waals surface area contributed by atoms with Gasteiger partial charge < -0.3 is 4.74 Å². The van der Waals surface area contributed by atoms with E-state index in [-0.39, 0.29) is 29.4 Å². The van der Waals surface area contributed by atoms with Gasteiger partial charge in [-0.25, -0.2) is 4.79 Å². The molecular weight excluding hydrogens is 208 g/mol. The minimum atomic E-state index is -0.483. The molecule has 4 heteroatoms. The van der Waals surface area contributed by atoms with Crippen LogP contribution in [0.1, 0.15) is 20.3 Å². The Bertz CT molecular complexity index is 230. The molecule has 0 aliphatic carbocycles. The number of hydrogen-bond donors (Lipinski definition) is 0. The van der Waals surface area contributed by atoms with Crippen molar-refractivity contribution in [1.29, 1.82) is 0 Å². The van der Waals surface area contributed by atoms with Crippen molar-refractivity contribution in [1.82, 2.24) is 0 Å². The van der Waals surface area contributed by atoms with Gasteiger partial charge in [-0.3, -0.25) is 4.79 Å². The van der Waals surface area contributed by atoms with Crippen LogP contribution in [0.15, 0.2) is 11.6 Å². The maximum absolute atomic E-state index is 10.8. The van der Waals surface area contributed by atoms with Gasteiger partial charge in [-0.15, -0.1) is 0 Å². The van der Waals surface area contributed by atoms with Gasteiger partial charge in [-0.05, 0) is 5.92 Å². The molecule has 0 atom stereocenters. The van der Waals surface area contributed by atoms with Gasteiger partial charge in [0.15, 0.2) is 0 Å². The van der Waals surface area contributed by atoms with Crippen LogP contribution in [0.5, 0.6) is 0 Å². The van der Waals surface area contributed by atoms with Crippen molar-refractivity contribution in [3.05, 3.63) is 11.6 Å². The first-order valence-corrected chi connectivity index (χ1v) is 3.55. The van der Waals surface area contributed by atoms with Crippen molar-refractivity contribution < 1.29 is 31.4 Å². The van der Waals surface area contributed by atoms with Crippen LogP contribution in [0, 0.1) is 5.92 Å². The van der Waals surface area contributed by atoms with Crippen LogP contribution in [-0.2, 0) is 31.4 Å². The third kappa shape index (κ3) is 2.80. The zero-order valence-electron chi connectivity index (χ0n) is 6.89. The third-order valence-electron chi connectivity index (χ3n) is 1.34. The first kappa shape index (κ1) is 11.4. The average molecular weight is 218 g/mol. The average Bonchev–Trinajstić information content (AvgIpc) is 2.09. The van der Waals surface area contributed by atoms with Crippen molar-refractivity contribution in [2.75, 3.05) is 0 Å². The zero-order chi connectivity index (χ0) is 8.43. The molecule has 1 heterocycles. The van der Waals surface area contributed by atoms with Gasteiger partial charge in [0, 0.05) is 22.6 Å². The minimum Gasteiger partial charge on any atom is -0.389 e. The van der Waals surface area contributed by atoms with Crippen LogP contribution >= 0.6 is 0 Å². The van der Waals surface area contributed by atoms with Crippen molar-refractivity contribution in [2.24, 2.45) is 5.92 Å². The van der Waals surface area contributed by atoms with Crippen LogP contribution in [0.3, 0.4) is 0 Å². The normalized spacial score (nSPS) is 19.8. The number of carbonyl (C=O) groups excluding carboxylic acids is 2. The topological polar surface area (TPSA) is 43.4 Å². The molecule has 0 saturated carbocycles. The second-order valence-electron chi connectivity index (χ2n) is 2.87. The summed E-state index contributed by atoms with van der Waals surface area (Å²) < 4.78 is 4.33. The molecule has 1 rings (SSSR count). The van der Waals surface area contributed by atoms with Crippen molar-refractivity contribution in [3.63, 3.8) is 0 Å². The molecule has 1 fully saturated rings. The first-order chi connectivity index (χ1) is 5.09. The standard InChI is InChI=1S/C8H10O3.Cu/c1-5(2)3-6-4-7(9)11-8(6)10;/h3,5H,4H2,1-2H3;. The number of carbonyl (C=O) groups is 2. The Balaban J connectivity index is 0.00000121. The van der Waals surface area contributed by atoms with Gasteiger partial charge >= 0.3 is 11.9 Å². The zero-order valence-corrected chi connectivity index (χ0v) is 7.83. The van der Waals surface area contributed by atoms with E-state index in [0.717, 1.165) is 0 Å². The van der Waals surface area contributed by atoms with Crippen LogP contribution in [0.25, 0.3) is 0 Å². The number of cyclic esters (lactones) is 2. The van der Waals surface area contributed by atoms with Crippen molar-refractivity contribution in [3.8, 4) is 0 Å². The fourth-order valence-corrected chi connectivity index (χ4v) is 0.962. The summed E-state index contributed by atoms with van der Waals surface area (Å²) in [5.74, 6) is -0.644. The van der Waals surface area contributed by atoms with E-state index in [9.17, 15) is 9.59 Å². The van der Waals surface area contributed by atoms with Gasteiger partial charge in [0.1, 0.15) is 0 Å². The maximum Gasteiger partial charge on any atom is 0.341 e. The van der Waals surface area contributed by atoms with Gasteiger partial charge in [0.2, 0.25) is 0 Å². The third-order valence-corrected chi connectivity index (χ3v) is 1.34. The smallest absolute Gasteiger partial charge is 0.341 e. The summed E-state index contributed by atoms with van der Waals surface area (Å²) >= 11 is 0. The molecular formula is C8H10CuO3. The van der Waals surface area contributed by atoms with E-state index in [2.05, 4.69) is 4.74 Å². The van der Waals surface area contributed by atoms with E-state index in [1.807, 2.05) is 13.8 Å². The monoisotopic (exact) mass is 217 g/mol. The van der Waals surface area contributed by atoms with Crippen molar-refractivity contribution >= 4 is 11.9 Å². The number of hydrogen-bond acceptors (Lipinski definition) is 3. The van der Waals surface area contributed by atoms with Crippen LogP contribution in [-0.4, -0.2) is 11.9 Å². The summed E-state index contributed by atoms with van der Waals surface area (Å²) in [6, 6.07) is 0. The van der Waals surface area contributed by atoms with E-state index in [4.69, 9.17) is 0 Å². The fraction of sp³-hybridized carbons (Fsp3) is 0.500. The first-order valence-electron chi connectivity index (χ1n) is 3.55. The Morgan fingerprint density at radius 1 is 1.42 bits per heavy atom. The summed E-state index contributed by atoms with van der Waals surface area (Å²) in [6.07, 6.45) is 1.89. The molecule has 0 N–H and O–H groups in total. The predicted molar refractivity (Wildman–Crippen MR) is 38.6 cm³/mol. The van der Waals surface area contributed by atoms with E-state index in [1.165, 1.54) is 0 Å². The molecule has 3 nitrogen and oxygen atoms in total. The van der Waals surface area contributed by atoms with Crippen LogP contribution in [0.4, 0.5) is 0 Å². The number of allylic oxidation sites excluding steroid dienone is 1. The Morgan fingerprint density at radius 2 is 2.00 bits per heavy atom. The molecule has 71 valence electrons. The SMILES string of the molecule is CC(C)C=C1CC(=O)OC1=O.[Cu]. The Kier molecular flexibility index (Phi) is 4.21. The maximum atomic E-state index is 10.8. The predicted octanol–water partition coefficient (Wildman–Crippen LogP) is 1.04. The van der Waals surface area contributed by atoms with Gasteiger partial charge in [0.05, 0.1) is 6.42 Å². The Labute approximate surface area is 81.6 Å². The quantitative estimate of drug-likeness (QED) is 0.285. The number of esters is 2. The molecule has 12 heavy (non-hydrogen) atoms. The van der Waals surface area contributed by atoms with E-state index in [0.29, 0.717) is 5.57 Å². The molecule has 0 bridgehead atoms. The summed E-state index contributed by atoms with van der Waals surface area (Å²) in [6.45, 7) is 3.89. The largest absolute Gasteiger partial charge is 0.389 e. The van der Waals surface area contributed by atoms with E-state index >= 15 is 0 Å². The summed E-state index contributed by atoms with van der Waals surface area (Å²) in [4.78, 5) is 21.4. The molecule has 0 aromatic carbocycles. The second-order valence-corrected chi connectivity index (χ2v) is 2.87. The van der Waals surface area contributed by atoms with Gasteiger partial charge in [0.25, 0.3) is 0 Å². The number of rotatable bonds is 1. The van der Waals surface area contributed by atoms with Crippen LogP contribution in [0.2, 0.25) is 0 Å². The molecule has 1 saturated heterocycles. The van der Waals surface area contributed by atoms with Gasteiger partial charge in [-0.2, -0.15) is 0 Å².